The van der Waals surface area contributed by atoms with Crippen LogP contribution in [0.4, 0.5) is 0 Å². The van der Waals surface area contributed by atoms with E-state index in [1.165, 1.54) is 0 Å². The van der Waals surface area contributed by atoms with Crippen LogP contribution in [0.1, 0.15) is 66.2 Å². The first kappa shape index (κ1) is 23.6. The Morgan fingerprint density at radius 2 is 1.89 bits per heavy atom. The van der Waals surface area contributed by atoms with Crippen molar-refractivity contribution in [2.24, 2.45) is 34.5 Å². The molecule has 0 aromatic heterocycles. The van der Waals surface area contributed by atoms with Crippen LogP contribution in [0.5, 0.6) is 0 Å². The Labute approximate surface area is 207 Å². The Morgan fingerprint density at radius 1 is 1.11 bits per heavy atom. The molecule has 4 aliphatic carbocycles. The van der Waals surface area contributed by atoms with Crippen molar-refractivity contribution in [2.75, 3.05) is 7.11 Å². The Morgan fingerprint density at radius 3 is 2.60 bits per heavy atom. The van der Waals surface area contributed by atoms with E-state index < -0.39 is 17.1 Å². The number of hydrogen-bond acceptors (Lipinski definition) is 6. The largest absolute Gasteiger partial charge is 0.456 e. The number of carbonyl (C=O) groups is 2. The second kappa shape index (κ2) is 7.62. The van der Waals surface area contributed by atoms with Gasteiger partial charge >= 0.3 is 5.97 Å². The van der Waals surface area contributed by atoms with Crippen molar-refractivity contribution < 1.29 is 28.9 Å². The van der Waals surface area contributed by atoms with Crippen molar-refractivity contribution >= 4 is 11.8 Å². The zero-order valence-corrected chi connectivity index (χ0v) is 21.5. The third-order valence-corrected chi connectivity index (χ3v) is 11.3. The first-order chi connectivity index (χ1) is 16.6. The smallest absolute Gasteiger partial charge is 0.334 e. The molecule has 2 heterocycles. The molecule has 1 spiro atoms. The van der Waals surface area contributed by atoms with Crippen LogP contribution in [-0.2, 0) is 23.8 Å². The van der Waals surface area contributed by atoms with Crippen LogP contribution < -0.4 is 0 Å². The van der Waals surface area contributed by atoms with E-state index in [1.54, 1.807) is 19.3 Å². The van der Waals surface area contributed by atoms with Crippen molar-refractivity contribution in [3.05, 3.63) is 34.9 Å². The van der Waals surface area contributed by atoms with Gasteiger partial charge in [0.2, 0.25) is 0 Å². The highest BCUT2D eigenvalue weighted by Gasteiger charge is 2.73. The van der Waals surface area contributed by atoms with Gasteiger partial charge < -0.3 is 19.3 Å². The van der Waals surface area contributed by atoms with Crippen molar-refractivity contribution in [3.63, 3.8) is 0 Å². The lowest BCUT2D eigenvalue weighted by Gasteiger charge is -2.57. The molecule has 35 heavy (non-hydrogen) atoms. The molecule has 10 atom stereocenters. The molecule has 190 valence electrons. The highest BCUT2D eigenvalue weighted by molar-refractivity contribution is 5.99. The number of ketones is 1. The third kappa shape index (κ3) is 2.82. The molecule has 0 aromatic rings. The lowest BCUT2D eigenvalue weighted by atomic mass is 9.46. The molecular weight excluding hydrogens is 444 g/mol. The summed E-state index contributed by atoms with van der Waals surface area (Å²) >= 11 is 0. The van der Waals surface area contributed by atoms with Crippen LogP contribution in [0.3, 0.4) is 0 Å². The molecule has 0 amide bonds. The van der Waals surface area contributed by atoms with Crippen LogP contribution in [0, 0.1) is 34.5 Å². The summed E-state index contributed by atoms with van der Waals surface area (Å²) in [6, 6.07) is 0. The quantitative estimate of drug-likeness (QED) is 0.468. The summed E-state index contributed by atoms with van der Waals surface area (Å²) in [5, 5.41) is 10.7. The number of cyclic esters (lactones) is 1. The highest BCUT2D eigenvalue weighted by Crippen LogP contribution is 2.72. The van der Waals surface area contributed by atoms with E-state index in [0.717, 1.165) is 43.3 Å². The Hall–Kier alpha value is -1.76. The van der Waals surface area contributed by atoms with Gasteiger partial charge in [-0.25, -0.2) is 4.79 Å². The van der Waals surface area contributed by atoms with Crippen molar-refractivity contribution in [3.8, 4) is 0 Å². The van der Waals surface area contributed by atoms with E-state index in [4.69, 9.17) is 14.2 Å². The Balaban J connectivity index is 1.38. The summed E-state index contributed by atoms with van der Waals surface area (Å²) in [5.41, 5.74) is 1.26. The van der Waals surface area contributed by atoms with Gasteiger partial charge in [0.05, 0.1) is 11.5 Å². The van der Waals surface area contributed by atoms with Crippen LogP contribution in [0.25, 0.3) is 0 Å². The number of methoxy groups -OCH3 is 1. The minimum Gasteiger partial charge on any atom is -0.456 e. The first-order valence-electron chi connectivity index (χ1n) is 13.3. The van der Waals surface area contributed by atoms with Gasteiger partial charge in [0.25, 0.3) is 0 Å². The maximum Gasteiger partial charge on any atom is 0.334 e. The van der Waals surface area contributed by atoms with E-state index in [0.29, 0.717) is 23.8 Å². The van der Waals surface area contributed by atoms with Crippen molar-refractivity contribution in [2.45, 2.75) is 90.3 Å². The van der Waals surface area contributed by atoms with E-state index in [2.05, 4.69) is 19.9 Å². The summed E-state index contributed by atoms with van der Waals surface area (Å²) in [6.07, 6.45) is 9.47. The fourth-order valence-corrected chi connectivity index (χ4v) is 9.41. The molecule has 6 nitrogen and oxygen atoms in total. The first-order valence-corrected chi connectivity index (χ1v) is 13.3. The van der Waals surface area contributed by atoms with Gasteiger partial charge in [-0.2, -0.15) is 0 Å². The fraction of sp³-hybridized carbons (Fsp3) is 0.724. The van der Waals surface area contributed by atoms with E-state index in [1.807, 2.05) is 13.8 Å². The standard InChI is InChI=1S/C29H38O6/c1-15-14-24(34-25(32)16(15)2)28(4)22-10-8-19-17-6-7-20-21(30)9-11-23(31)27(20,3)18(17)12-13-29(19,22)26(33-5)35-28/h7,9,11,17-19,21-22,24,26,30H,6,8,10,12-14H2,1-5H3/t17-,18+,19+,21+,22-,24?,26-,27-,28-,29-/m1/s1. The van der Waals surface area contributed by atoms with Crippen LogP contribution in [0.2, 0.25) is 0 Å². The topological polar surface area (TPSA) is 82.1 Å². The summed E-state index contributed by atoms with van der Waals surface area (Å²) in [7, 11) is 1.73. The molecule has 0 radical (unpaired) electrons. The van der Waals surface area contributed by atoms with Gasteiger partial charge in [0, 0.05) is 30.4 Å². The number of hydrogen-bond donors (Lipinski definition) is 1. The average molecular weight is 483 g/mol. The van der Waals surface area contributed by atoms with Gasteiger partial charge in [-0.05, 0) is 95.3 Å². The van der Waals surface area contributed by atoms with Gasteiger partial charge in [0.1, 0.15) is 11.7 Å². The van der Waals surface area contributed by atoms with E-state index in [-0.39, 0.29) is 41.4 Å². The number of esters is 1. The molecule has 1 saturated heterocycles. The van der Waals surface area contributed by atoms with Crippen LogP contribution >= 0.6 is 0 Å². The lowest BCUT2D eigenvalue weighted by molar-refractivity contribution is -0.226. The zero-order valence-electron chi connectivity index (χ0n) is 21.5. The SMILES string of the molecule is CO[C@@H]1O[C@@](C)(C2CC(C)=C(C)C(=O)O2)[C@H]2CC[C@H]3[C@@H]4CC=C5[C@@H](O)C=CC(=O)[C@]5(C)[C@H]4CC[C@@]132. The third-order valence-electron chi connectivity index (χ3n) is 11.3. The normalized spacial score (nSPS) is 50.8. The number of fused-ring (bicyclic) bond motifs is 4. The minimum atomic E-state index is -0.670. The second-order valence-electron chi connectivity index (χ2n) is 12.3. The monoisotopic (exact) mass is 482 g/mol. The summed E-state index contributed by atoms with van der Waals surface area (Å²) in [6.45, 7) is 8.04. The number of ether oxygens (including phenoxy) is 3. The molecule has 1 N–H and O–H groups in total. The average Bonchev–Trinajstić information content (AvgIpc) is 3.34. The highest BCUT2D eigenvalue weighted by atomic mass is 16.7. The van der Waals surface area contributed by atoms with Crippen LogP contribution in [-0.4, -0.2) is 48.1 Å². The van der Waals surface area contributed by atoms with E-state index >= 15 is 0 Å². The Kier molecular flexibility index (Phi) is 5.15. The van der Waals surface area contributed by atoms with Crippen molar-refractivity contribution in [1.29, 1.82) is 0 Å². The van der Waals surface area contributed by atoms with Gasteiger partial charge in [-0.1, -0.05) is 11.6 Å². The molecule has 2 aliphatic heterocycles. The number of allylic oxidation sites excluding steroid dienone is 2. The predicted octanol–water partition coefficient (Wildman–Crippen LogP) is 4.27. The fourth-order valence-electron chi connectivity index (χ4n) is 9.41. The lowest BCUT2D eigenvalue weighted by Crippen LogP contribution is -2.56. The maximum absolute atomic E-state index is 13.2. The number of aliphatic hydroxyl groups is 1. The number of aliphatic hydroxyl groups excluding tert-OH is 1. The van der Waals surface area contributed by atoms with Crippen LogP contribution in [0.15, 0.2) is 34.9 Å². The predicted molar refractivity (Wildman–Crippen MR) is 129 cm³/mol. The van der Waals surface area contributed by atoms with Gasteiger partial charge in [0.15, 0.2) is 12.1 Å². The molecule has 6 heteroatoms. The summed E-state index contributed by atoms with van der Waals surface area (Å²) < 4.78 is 18.9. The van der Waals surface area contributed by atoms with Crippen molar-refractivity contribution in [1.82, 2.24) is 0 Å². The molecule has 3 fully saturated rings. The zero-order chi connectivity index (χ0) is 24.9. The molecule has 1 unspecified atom stereocenters. The summed E-state index contributed by atoms with van der Waals surface area (Å²) in [4.78, 5) is 25.9. The molecule has 0 bridgehead atoms. The van der Waals surface area contributed by atoms with Gasteiger partial charge in [-0.15, -0.1) is 0 Å². The molecule has 6 aliphatic rings. The number of rotatable bonds is 2. The molecular formula is C29H38O6. The maximum atomic E-state index is 13.2. The minimum absolute atomic E-state index is 0.122. The molecule has 6 rings (SSSR count). The molecule has 2 saturated carbocycles. The second-order valence-corrected chi connectivity index (χ2v) is 12.3. The van der Waals surface area contributed by atoms with E-state index in [9.17, 15) is 14.7 Å². The Bertz CT molecular complexity index is 1070. The number of carbonyl (C=O) groups excluding carboxylic acids is 2. The molecule has 0 aromatic carbocycles. The summed E-state index contributed by atoms with van der Waals surface area (Å²) in [5.74, 6) is 1.01. The van der Waals surface area contributed by atoms with Gasteiger partial charge in [-0.3, -0.25) is 4.79 Å².